The zero-order valence-electron chi connectivity index (χ0n) is 11.1. The number of hydrogen-bond acceptors (Lipinski definition) is 4. The summed E-state index contributed by atoms with van der Waals surface area (Å²) in [7, 11) is 1.99. The van der Waals surface area contributed by atoms with E-state index in [2.05, 4.69) is 53.0 Å². The van der Waals surface area contributed by atoms with Crippen molar-refractivity contribution in [2.45, 2.75) is 32.7 Å². The monoisotopic (exact) mass is 261 g/mol. The summed E-state index contributed by atoms with van der Waals surface area (Å²) in [6, 6.07) is 8.68. The largest absolute Gasteiger partial charge is 0.309 e. The Morgan fingerprint density at radius 3 is 2.78 bits per heavy atom. The Bertz CT molecular complexity index is 507. The first-order chi connectivity index (χ1) is 8.77. The summed E-state index contributed by atoms with van der Waals surface area (Å²) in [5.74, 6) is 0. The smallest absolute Gasteiger partial charge is 0.0807 e. The van der Waals surface area contributed by atoms with Crippen molar-refractivity contribution in [1.29, 1.82) is 0 Å². The Morgan fingerprint density at radius 1 is 1.33 bits per heavy atom. The molecule has 0 fully saturated rings. The summed E-state index contributed by atoms with van der Waals surface area (Å²) in [6.45, 7) is 4.32. The molecule has 96 valence electrons. The first-order valence-electron chi connectivity index (χ1n) is 6.31. The zero-order valence-corrected chi connectivity index (χ0v) is 11.9. The maximum absolute atomic E-state index is 4.26. The molecule has 0 amide bonds. The Kier molecular flexibility index (Phi) is 4.44. The number of aromatic nitrogens is 2. The molecule has 0 aliphatic heterocycles. The maximum Gasteiger partial charge on any atom is 0.0807 e. The van der Waals surface area contributed by atoms with E-state index in [0.29, 0.717) is 0 Å². The number of hydrogen-bond donors (Lipinski definition) is 1. The van der Waals surface area contributed by atoms with E-state index < -0.39 is 0 Å². The fourth-order valence-corrected chi connectivity index (χ4v) is 3.01. The number of nitrogens with one attached hydrogen (secondary N) is 1. The molecule has 0 saturated heterocycles. The lowest BCUT2D eigenvalue weighted by atomic mass is 9.98. The Balaban J connectivity index is 2.39. The number of aryl methyl sites for hydroxylation is 2. The van der Waals surface area contributed by atoms with Crippen LogP contribution in [0.15, 0.2) is 24.3 Å². The van der Waals surface area contributed by atoms with Gasteiger partial charge in [0.05, 0.1) is 16.6 Å². The molecule has 1 N–H and O–H groups in total. The van der Waals surface area contributed by atoms with Crippen molar-refractivity contribution in [1.82, 2.24) is 14.9 Å². The first-order valence-corrected chi connectivity index (χ1v) is 7.09. The van der Waals surface area contributed by atoms with Crippen molar-refractivity contribution < 1.29 is 0 Å². The van der Waals surface area contributed by atoms with Crippen LogP contribution in [0.25, 0.3) is 0 Å². The van der Waals surface area contributed by atoms with Gasteiger partial charge in [0, 0.05) is 0 Å². The second-order valence-electron chi connectivity index (χ2n) is 4.41. The van der Waals surface area contributed by atoms with Crippen LogP contribution in [0.4, 0.5) is 0 Å². The first kappa shape index (κ1) is 13.2. The van der Waals surface area contributed by atoms with Crippen molar-refractivity contribution >= 4 is 11.5 Å². The summed E-state index contributed by atoms with van der Waals surface area (Å²) in [4.78, 5) is 1.24. The van der Waals surface area contributed by atoms with Gasteiger partial charge in [-0.25, -0.2) is 0 Å². The summed E-state index contributed by atoms with van der Waals surface area (Å²) >= 11 is 1.50. The van der Waals surface area contributed by atoms with Gasteiger partial charge >= 0.3 is 0 Å². The topological polar surface area (TPSA) is 37.8 Å². The van der Waals surface area contributed by atoms with E-state index in [1.807, 2.05) is 7.05 Å². The van der Waals surface area contributed by atoms with Crippen LogP contribution in [0.1, 0.15) is 41.1 Å². The van der Waals surface area contributed by atoms with E-state index >= 15 is 0 Å². The number of rotatable bonds is 5. The average molecular weight is 261 g/mol. The second-order valence-corrected chi connectivity index (χ2v) is 5.20. The molecular weight excluding hydrogens is 242 g/mol. The van der Waals surface area contributed by atoms with Crippen LogP contribution in [0.3, 0.4) is 0 Å². The summed E-state index contributed by atoms with van der Waals surface area (Å²) in [5.41, 5.74) is 3.74. The molecule has 2 rings (SSSR count). The van der Waals surface area contributed by atoms with Crippen LogP contribution in [-0.4, -0.2) is 16.6 Å². The normalized spacial score (nSPS) is 12.6. The maximum atomic E-state index is 4.26. The lowest BCUT2D eigenvalue weighted by Crippen LogP contribution is -2.19. The second kappa shape index (κ2) is 6.07. The molecule has 0 spiro atoms. The van der Waals surface area contributed by atoms with E-state index in [4.69, 9.17) is 0 Å². The summed E-state index contributed by atoms with van der Waals surface area (Å²) in [5, 5.41) is 7.65. The third-order valence-electron chi connectivity index (χ3n) is 3.12. The van der Waals surface area contributed by atoms with E-state index in [0.717, 1.165) is 18.5 Å². The van der Waals surface area contributed by atoms with Crippen molar-refractivity contribution in [3.63, 3.8) is 0 Å². The predicted molar refractivity (Wildman–Crippen MR) is 76.0 cm³/mol. The van der Waals surface area contributed by atoms with E-state index in [1.54, 1.807) is 0 Å². The molecular formula is C14H19N3S. The quantitative estimate of drug-likeness (QED) is 0.898. The summed E-state index contributed by atoms with van der Waals surface area (Å²) in [6.07, 6.45) is 2.10. The molecule has 1 aromatic carbocycles. The minimum absolute atomic E-state index is 0.202. The Hall–Kier alpha value is -1.26. The minimum atomic E-state index is 0.202. The van der Waals surface area contributed by atoms with Gasteiger partial charge in [-0.3, -0.25) is 0 Å². The van der Waals surface area contributed by atoms with E-state index in [-0.39, 0.29) is 6.04 Å². The van der Waals surface area contributed by atoms with Crippen molar-refractivity contribution in [2.75, 3.05) is 7.05 Å². The number of nitrogens with zero attached hydrogens (tertiary/aromatic N) is 2. The molecule has 0 aliphatic carbocycles. The highest BCUT2D eigenvalue weighted by Crippen LogP contribution is 2.29. The van der Waals surface area contributed by atoms with E-state index in [9.17, 15) is 0 Å². The molecule has 1 heterocycles. The van der Waals surface area contributed by atoms with Crippen LogP contribution < -0.4 is 5.32 Å². The van der Waals surface area contributed by atoms with Crippen LogP contribution in [0, 0.1) is 6.92 Å². The van der Waals surface area contributed by atoms with Gasteiger partial charge in [-0.05, 0) is 43.1 Å². The molecule has 18 heavy (non-hydrogen) atoms. The fraction of sp³-hybridized carbons (Fsp3) is 0.429. The minimum Gasteiger partial charge on any atom is -0.309 e. The van der Waals surface area contributed by atoms with Crippen molar-refractivity contribution in [3.05, 3.63) is 46.0 Å². The van der Waals surface area contributed by atoms with Crippen LogP contribution in [0.2, 0.25) is 0 Å². The highest BCUT2D eigenvalue weighted by atomic mass is 32.1. The lowest BCUT2D eigenvalue weighted by Gasteiger charge is -2.18. The Labute approximate surface area is 112 Å². The van der Waals surface area contributed by atoms with Gasteiger partial charge in [-0.2, -0.15) is 0 Å². The van der Waals surface area contributed by atoms with Crippen LogP contribution in [0.5, 0.6) is 0 Å². The van der Waals surface area contributed by atoms with Gasteiger partial charge in [0.2, 0.25) is 0 Å². The molecule has 0 saturated carbocycles. The third kappa shape index (κ3) is 2.60. The molecule has 3 nitrogen and oxygen atoms in total. The predicted octanol–water partition coefficient (Wildman–Crippen LogP) is 3.11. The average Bonchev–Trinajstić information content (AvgIpc) is 2.82. The SMILES string of the molecule is CCCc1nnsc1C(NC)c1ccccc1C. The standard InChI is InChI=1S/C14H19N3S/c1-4-7-12-14(18-17-16-12)13(15-3)11-9-6-5-8-10(11)2/h5-6,8-9,13,15H,4,7H2,1-3H3. The number of benzene rings is 1. The van der Waals surface area contributed by atoms with Crippen molar-refractivity contribution in [3.8, 4) is 0 Å². The third-order valence-corrected chi connectivity index (χ3v) is 3.95. The van der Waals surface area contributed by atoms with Gasteiger partial charge in [0.15, 0.2) is 0 Å². The molecule has 0 aliphatic rings. The highest BCUT2D eigenvalue weighted by Gasteiger charge is 2.20. The molecule has 1 aromatic heterocycles. The van der Waals surface area contributed by atoms with Gasteiger partial charge in [-0.15, -0.1) is 5.10 Å². The van der Waals surface area contributed by atoms with Gasteiger partial charge in [-0.1, -0.05) is 42.1 Å². The Morgan fingerprint density at radius 2 is 2.11 bits per heavy atom. The van der Waals surface area contributed by atoms with Crippen molar-refractivity contribution in [2.24, 2.45) is 0 Å². The highest BCUT2D eigenvalue weighted by molar-refractivity contribution is 7.05. The molecule has 2 aromatic rings. The van der Waals surface area contributed by atoms with Crippen LogP contribution >= 0.6 is 11.5 Å². The molecule has 1 unspecified atom stereocenters. The van der Waals surface area contributed by atoms with E-state index in [1.165, 1.54) is 27.5 Å². The van der Waals surface area contributed by atoms with Crippen LogP contribution in [-0.2, 0) is 6.42 Å². The molecule has 1 atom stereocenters. The molecule has 0 bridgehead atoms. The zero-order chi connectivity index (χ0) is 13.0. The fourth-order valence-electron chi connectivity index (χ4n) is 2.18. The molecule has 0 radical (unpaired) electrons. The van der Waals surface area contributed by atoms with Gasteiger partial charge in [0.1, 0.15) is 0 Å². The van der Waals surface area contributed by atoms with Gasteiger partial charge in [0.25, 0.3) is 0 Å². The lowest BCUT2D eigenvalue weighted by molar-refractivity contribution is 0.684. The molecule has 4 heteroatoms. The summed E-state index contributed by atoms with van der Waals surface area (Å²) < 4.78 is 4.12. The van der Waals surface area contributed by atoms with Gasteiger partial charge < -0.3 is 5.32 Å².